The predicted molar refractivity (Wildman–Crippen MR) is 42.0 cm³/mol. The number of benzene rings is 1. The quantitative estimate of drug-likeness (QED) is 0.642. The molecule has 12 heavy (non-hydrogen) atoms. The van der Waals surface area contributed by atoms with Crippen LogP contribution >= 0.6 is 0 Å². The third kappa shape index (κ3) is 0.858. The summed E-state index contributed by atoms with van der Waals surface area (Å²) in [6.45, 7) is 2.41. The summed E-state index contributed by atoms with van der Waals surface area (Å²) in [6, 6.07) is 2.76. The van der Waals surface area contributed by atoms with E-state index in [9.17, 15) is 9.50 Å². The van der Waals surface area contributed by atoms with Crippen LogP contribution in [0, 0.1) is 5.82 Å². The Morgan fingerprint density at radius 3 is 3.08 bits per heavy atom. The normalized spacial score (nSPS) is 20.3. The van der Waals surface area contributed by atoms with Crippen molar-refractivity contribution in [3.05, 3.63) is 23.5 Å². The first-order valence-corrected chi connectivity index (χ1v) is 3.84. The van der Waals surface area contributed by atoms with Crippen LogP contribution in [0.25, 0.3) is 0 Å². The zero-order chi connectivity index (χ0) is 8.72. The molecule has 64 valence electrons. The lowest BCUT2D eigenvalue weighted by Crippen LogP contribution is -1.94. The summed E-state index contributed by atoms with van der Waals surface area (Å²) in [6.07, 6.45) is 0. The fourth-order valence-electron chi connectivity index (χ4n) is 1.46. The van der Waals surface area contributed by atoms with E-state index in [1.165, 1.54) is 6.07 Å². The minimum Gasteiger partial charge on any atom is -0.505 e. The molecule has 1 aliphatic heterocycles. The summed E-state index contributed by atoms with van der Waals surface area (Å²) in [5, 5.41) is 9.33. The van der Waals surface area contributed by atoms with E-state index in [0.29, 0.717) is 17.9 Å². The number of hydrogen-bond acceptors (Lipinski definition) is 2. The van der Waals surface area contributed by atoms with Gasteiger partial charge in [0.25, 0.3) is 0 Å². The van der Waals surface area contributed by atoms with Crippen molar-refractivity contribution in [2.75, 3.05) is 6.61 Å². The largest absolute Gasteiger partial charge is 0.505 e. The summed E-state index contributed by atoms with van der Waals surface area (Å²) in [5.41, 5.74) is 0.593. The van der Waals surface area contributed by atoms with E-state index in [4.69, 9.17) is 4.74 Å². The maximum atomic E-state index is 12.8. The molecule has 1 N–H and O–H groups in total. The van der Waals surface area contributed by atoms with Crippen molar-refractivity contribution in [2.24, 2.45) is 0 Å². The first-order chi connectivity index (χ1) is 5.70. The van der Waals surface area contributed by atoms with E-state index < -0.39 is 5.82 Å². The van der Waals surface area contributed by atoms with Crippen molar-refractivity contribution in [1.29, 1.82) is 0 Å². The van der Waals surface area contributed by atoms with Gasteiger partial charge in [-0.25, -0.2) is 4.39 Å². The summed E-state index contributed by atoms with van der Waals surface area (Å²) in [7, 11) is 0. The Kier molecular flexibility index (Phi) is 1.46. The zero-order valence-corrected chi connectivity index (χ0v) is 6.67. The molecule has 1 unspecified atom stereocenters. The molecule has 3 heteroatoms. The van der Waals surface area contributed by atoms with E-state index in [-0.39, 0.29) is 11.7 Å². The van der Waals surface area contributed by atoms with Crippen molar-refractivity contribution in [3.63, 3.8) is 0 Å². The molecule has 0 aromatic heterocycles. The molecule has 1 heterocycles. The molecule has 1 atom stereocenters. The Bertz CT molecular complexity index is 323. The first-order valence-electron chi connectivity index (χ1n) is 3.84. The summed E-state index contributed by atoms with van der Waals surface area (Å²) in [5.74, 6) is -0.166. The number of rotatable bonds is 0. The molecule has 0 fully saturated rings. The van der Waals surface area contributed by atoms with Crippen LogP contribution < -0.4 is 4.74 Å². The van der Waals surface area contributed by atoms with Crippen molar-refractivity contribution >= 4 is 0 Å². The minimum absolute atomic E-state index is 0.0794. The maximum absolute atomic E-state index is 12.8. The lowest BCUT2D eigenvalue weighted by molar-refractivity contribution is 0.337. The van der Waals surface area contributed by atoms with Gasteiger partial charge in [-0.3, -0.25) is 0 Å². The van der Waals surface area contributed by atoms with Crippen molar-refractivity contribution in [3.8, 4) is 11.5 Å². The van der Waals surface area contributed by atoms with Gasteiger partial charge in [0.15, 0.2) is 11.6 Å². The van der Waals surface area contributed by atoms with E-state index in [2.05, 4.69) is 0 Å². The lowest BCUT2D eigenvalue weighted by atomic mass is 10.0. The van der Waals surface area contributed by atoms with Gasteiger partial charge < -0.3 is 9.84 Å². The first kappa shape index (κ1) is 7.40. The van der Waals surface area contributed by atoms with Crippen LogP contribution in [0.3, 0.4) is 0 Å². The highest BCUT2D eigenvalue weighted by Crippen LogP contribution is 2.40. The van der Waals surface area contributed by atoms with Crippen LogP contribution in [0.5, 0.6) is 11.5 Å². The van der Waals surface area contributed by atoms with Gasteiger partial charge in [-0.15, -0.1) is 0 Å². The predicted octanol–water partition coefficient (Wildman–Crippen LogP) is 2.03. The average Bonchev–Trinajstić information content (AvgIpc) is 2.41. The molecule has 0 spiro atoms. The second-order valence-electron chi connectivity index (χ2n) is 3.02. The molecule has 0 saturated carbocycles. The second kappa shape index (κ2) is 2.37. The summed E-state index contributed by atoms with van der Waals surface area (Å²) in [4.78, 5) is 0. The van der Waals surface area contributed by atoms with Gasteiger partial charge >= 0.3 is 0 Å². The third-order valence-corrected chi connectivity index (χ3v) is 2.11. The van der Waals surface area contributed by atoms with E-state index in [0.717, 1.165) is 0 Å². The van der Waals surface area contributed by atoms with Gasteiger partial charge in [-0.2, -0.15) is 0 Å². The van der Waals surface area contributed by atoms with Crippen LogP contribution in [0.15, 0.2) is 12.1 Å². The van der Waals surface area contributed by atoms with Crippen LogP contribution in [0.4, 0.5) is 4.39 Å². The molecule has 0 bridgehead atoms. The molecule has 0 saturated heterocycles. The Morgan fingerprint density at radius 2 is 2.33 bits per heavy atom. The number of hydrogen-bond donors (Lipinski definition) is 1. The van der Waals surface area contributed by atoms with Gasteiger partial charge in [0.2, 0.25) is 0 Å². The monoisotopic (exact) mass is 168 g/mol. The maximum Gasteiger partial charge on any atom is 0.165 e. The zero-order valence-electron chi connectivity index (χ0n) is 6.67. The number of phenolic OH excluding ortho intramolecular Hbond substituents is 1. The van der Waals surface area contributed by atoms with Gasteiger partial charge in [-0.1, -0.05) is 6.92 Å². The van der Waals surface area contributed by atoms with Crippen LogP contribution in [0.1, 0.15) is 18.4 Å². The number of ether oxygens (including phenoxy) is 1. The molecule has 1 aliphatic rings. The van der Waals surface area contributed by atoms with Gasteiger partial charge in [0, 0.05) is 11.5 Å². The average molecular weight is 168 g/mol. The topological polar surface area (TPSA) is 29.5 Å². The van der Waals surface area contributed by atoms with E-state index in [1.807, 2.05) is 6.92 Å². The van der Waals surface area contributed by atoms with E-state index >= 15 is 0 Å². The number of halogens is 1. The fraction of sp³-hybridized carbons (Fsp3) is 0.333. The van der Waals surface area contributed by atoms with Gasteiger partial charge in [0.05, 0.1) is 6.61 Å². The Morgan fingerprint density at radius 1 is 1.58 bits per heavy atom. The highest BCUT2D eigenvalue weighted by atomic mass is 19.1. The summed E-state index contributed by atoms with van der Waals surface area (Å²) >= 11 is 0. The molecular formula is C9H9FO2. The fourth-order valence-corrected chi connectivity index (χ4v) is 1.46. The second-order valence-corrected chi connectivity index (χ2v) is 3.02. The molecular weight excluding hydrogens is 159 g/mol. The molecule has 0 radical (unpaired) electrons. The van der Waals surface area contributed by atoms with Crippen molar-refractivity contribution in [1.82, 2.24) is 0 Å². The van der Waals surface area contributed by atoms with Gasteiger partial charge in [0.1, 0.15) is 5.75 Å². The molecule has 1 aromatic carbocycles. The van der Waals surface area contributed by atoms with E-state index in [1.54, 1.807) is 6.07 Å². The third-order valence-electron chi connectivity index (χ3n) is 2.11. The number of fused-ring (bicyclic) bond motifs is 1. The van der Waals surface area contributed by atoms with Crippen molar-refractivity contribution < 1.29 is 14.2 Å². The number of aromatic hydroxyl groups is 1. The van der Waals surface area contributed by atoms with Crippen LogP contribution in [-0.4, -0.2) is 11.7 Å². The molecule has 2 rings (SSSR count). The highest BCUT2D eigenvalue weighted by Gasteiger charge is 2.25. The Balaban J connectivity index is 2.63. The number of phenols is 1. The summed E-state index contributed by atoms with van der Waals surface area (Å²) < 4.78 is 18.1. The van der Waals surface area contributed by atoms with Crippen LogP contribution in [-0.2, 0) is 0 Å². The standard InChI is InChI=1S/C9H9FO2/c1-5-4-12-7-3-2-6(10)9(11)8(5)7/h2-3,5,11H,4H2,1H3. The Labute approximate surface area is 69.6 Å². The molecule has 2 nitrogen and oxygen atoms in total. The smallest absolute Gasteiger partial charge is 0.165 e. The lowest BCUT2D eigenvalue weighted by Gasteiger charge is -2.03. The van der Waals surface area contributed by atoms with Crippen LogP contribution in [0.2, 0.25) is 0 Å². The highest BCUT2D eigenvalue weighted by molar-refractivity contribution is 5.49. The minimum atomic E-state index is -0.578. The Hall–Kier alpha value is -1.25. The molecule has 0 aliphatic carbocycles. The van der Waals surface area contributed by atoms with Gasteiger partial charge in [-0.05, 0) is 12.1 Å². The SMILES string of the molecule is CC1COc2ccc(F)c(O)c21. The molecule has 1 aromatic rings. The van der Waals surface area contributed by atoms with Crippen molar-refractivity contribution in [2.45, 2.75) is 12.8 Å². The molecule has 0 amide bonds.